The number of nitrogens with zero attached hydrogens (tertiary/aromatic N) is 2. The molecule has 6 heteroatoms. The molecule has 0 radical (unpaired) electrons. The fourth-order valence-electron chi connectivity index (χ4n) is 2.97. The Hall–Kier alpha value is -2.02. The number of aliphatic imine (C=N–C) groups is 2. The van der Waals surface area contributed by atoms with Crippen LogP contribution in [0.3, 0.4) is 0 Å². The van der Waals surface area contributed by atoms with Gasteiger partial charge in [-0.3, -0.25) is 4.99 Å². The summed E-state index contributed by atoms with van der Waals surface area (Å²) >= 11 is 0. The molecule has 4 nitrogen and oxygen atoms in total. The van der Waals surface area contributed by atoms with Gasteiger partial charge in [-0.25, -0.2) is 0 Å². The molecule has 30 heavy (non-hydrogen) atoms. The van der Waals surface area contributed by atoms with Gasteiger partial charge in [0.25, 0.3) is 0 Å². The molecule has 0 amide bonds. The van der Waals surface area contributed by atoms with Gasteiger partial charge in [-0.05, 0) is 74.5 Å². The maximum atomic E-state index is 10.2. The Bertz CT molecular complexity index is 1010. The van der Waals surface area contributed by atoms with Gasteiger partial charge in [-0.1, -0.05) is 12.1 Å². The summed E-state index contributed by atoms with van der Waals surface area (Å²) in [5.41, 5.74) is 6.02. The molecule has 0 fully saturated rings. The zero-order chi connectivity index (χ0) is 20.3. The molecule has 0 aromatic heterocycles. The van der Waals surface area contributed by atoms with Crippen molar-refractivity contribution in [2.75, 3.05) is 0 Å². The van der Waals surface area contributed by atoms with E-state index in [2.05, 4.69) is 16.1 Å². The zero-order valence-corrected chi connectivity index (χ0v) is 22.4. The number of aryl methyl sites for hydroxylation is 2. The van der Waals surface area contributed by atoms with E-state index in [1.165, 1.54) is 0 Å². The summed E-state index contributed by atoms with van der Waals surface area (Å²) in [6.45, 7) is 7.56. The fourth-order valence-corrected chi connectivity index (χ4v) is 2.97. The van der Waals surface area contributed by atoms with Crippen molar-refractivity contribution in [1.82, 2.24) is 0 Å². The maximum absolute atomic E-state index is 10.2. The average Bonchev–Trinajstić information content (AvgIpc) is 2.63. The molecule has 2 N–H and O–H groups in total. The molecule has 0 saturated carbocycles. The maximum Gasteiger partial charge on any atom is 0.124 e. The third-order valence-electron chi connectivity index (χ3n) is 4.48. The molecule has 0 spiro atoms. The van der Waals surface area contributed by atoms with Crippen LogP contribution < -0.4 is 0 Å². The summed E-state index contributed by atoms with van der Waals surface area (Å²) in [6, 6.07) is 19.4. The first-order valence-corrected chi connectivity index (χ1v) is 9.06. The molecule has 0 bridgehead atoms. The average molecular weight is 750 g/mol. The van der Waals surface area contributed by atoms with E-state index in [1.807, 2.05) is 58.0 Å². The number of hydrogen-bond acceptors (Lipinski definition) is 4. The largest absolute Gasteiger partial charge is 0.507 e. The first kappa shape index (κ1) is 26.0. The minimum atomic E-state index is 0. The normalized spacial score (nSPS) is 11.5. The van der Waals surface area contributed by atoms with Crippen LogP contribution in [0.1, 0.15) is 36.1 Å². The van der Waals surface area contributed by atoms with Gasteiger partial charge in [-0.15, -0.1) is 12.1 Å². The van der Waals surface area contributed by atoms with Gasteiger partial charge in [0.2, 0.25) is 0 Å². The third-order valence-corrected chi connectivity index (χ3v) is 4.48. The van der Waals surface area contributed by atoms with E-state index in [0.717, 1.165) is 11.1 Å². The van der Waals surface area contributed by atoms with Gasteiger partial charge in [0.05, 0.1) is 0 Å². The summed E-state index contributed by atoms with van der Waals surface area (Å²) in [5.74, 6) is 0.404. The Morgan fingerprint density at radius 3 is 1.70 bits per heavy atom. The van der Waals surface area contributed by atoms with Crippen LogP contribution in [0.25, 0.3) is 0 Å². The second-order valence-electron chi connectivity index (χ2n) is 6.85. The van der Waals surface area contributed by atoms with Crippen molar-refractivity contribution in [3.63, 3.8) is 0 Å². The molecule has 0 aliphatic heterocycles. The van der Waals surface area contributed by atoms with Crippen LogP contribution in [0.4, 0.5) is 11.4 Å². The van der Waals surface area contributed by atoms with Gasteiger partial charge in [0, 0.05) is 64.7 Å². The molecule has 0 unspecified atom stereocenters. The number of aromatic hydroxyl groups is 2. The van der Waals surface area contributed by atoms with Gasteiger partial charge >= 0.3 is 0 Å². The van der Waals surface area contributed by atoms with Crippen LogP contribution in [0.2, 0.25) is 0 Å². The molecule has 3 aromatic carbocycles. The molecular weight excluding hydrogens is 727 g/mol. The second-order valence-corrected chi connectivity index (χ2v) is 6.85. The van der Waals surface area contributed by atoms with Crippen molar-refractivity contribution in [2.45, 2.75) is 27.7 Å². The smallest absolute Gasteiger partial charge is 0.124 e. The zero-order valence-electron chi connectivity index (χ0n) is 17.2. The molecule has 3 rings (SSSR count). The predicted octanol–water partition coefficient (Wildman–Crippen LogP) is 5.79. The molecule has 0 heterocycles. The Kier molecular flexibility index (Phi) is 9.88. The van der Waals surface area contributed by atoms with Crippen LogP contribution in [0.15, 0.2) is 64.6 Å². The van der Waals surface area contributed by atoms with Gasteiger partial charge in [0.1, 0.15) is 11.5 Å². The van der Waals surface area contributed by atoms with E-state index < -0.39 is 0 Å². The van der Waals surface area contributed by atoms with Crippen molar-refractivity contribution in [3.8, 4) is 11.5 Å². The number of phenolic OH excluding ortho intramolecular Hbond substituents is 2. The second kappa shape index (κ2) is 11.4. The van der Waals surface area contributed by atoms with Crippen LogP contribution in [0, 0.1) is 19.9 Å². The first-order chi connectivity index (χ1) is 13.3. The van der Waals surface area contributed by atoms with Crippen LogP contribution >= 0.6 is 0 Å². The summed E-state index contributed by atoms with van der Waals surface area (Å²) in [4.78, 5) is 9.33. The van der Waals surface area contributed by atoms with Crippen molar-refractivity contribution < 1.29 is 52.3 Å². The van der Waals surface area contributed by atoms with E-state index >= 15 is 0 Å². The van der Waals surface area contributed by atoms with Crippen LogP contribution in [0.5, 0.6) is 11.5 Å². The van der Waals surface area contributed by atoms with Crippen LogP contribution in [-0.4, -0.2) is 21.6 Å². The molecule has 158 valence electrons. The van der Waals surface area contributed by atoms with Gasteiger partial charge in [-0.2, -0.15) is 12.1 Å². The van der Waals surface area contributed by atoms with E-state index in [0.29, 0.717) is 33.9 Å². The monoisotopic (exact) mass is 750 g/mol. The summed E-state index contributed by atoms with van der Waals surface area (Å²) in [7, 11) is 0. The van der Waals surface area contributed by atoms with Gasteiger partial charge in [0.15, 0.2) is 0 Å². The minimum Gasteiger partial charge on any atom is -0.507 e. The predicted molar refractivity (Wildman–Crippen MR) is 115 cm³/mol. The van der Waals surface area contributed by atoms with Gasteiger partial charge < -0.3 is 15.2 Å². The molecule has 0 aliphatic carbocycles. The number of rotatable bonds is 4. The molecule has 0 aliphatic rings. The Balaban J connectivity index is 0.00000225. The number of benzene rings is 3. The quantitative estimate of drug-likeness (QED) is 0.262. The van der Waals surface area contributed by atoms with Crippen molar-refractivity contribution in [3.05, 3.63) is 82.9 Å². The minimum absolute atomic E-state index is 0. The Morgan fingerprint density at radius 1 is 0.767 bits per heavy atom. The Morgan fingerprint density at radius 2 is 1.23 bits per heavy atom. The van der Waals surface area contributed by atoms with Crippen molar-refractivity contribution in [1.29, 1.82) is 0 Å². The SMILES string of the molecule is CC(=Nc1c[c-]ccc1N=C(C)c1ccc(C)cc1O)c1ccc(C)cc1O.[Pt].[W]. The molecule has 0 atom stereocenters. The number of hydrogen-bond donors (Lipinski definition) is 2. The topological polar surface area (TPSA) is 65.2 Å². The summed E-state index contributed by atoms with van der Waals surface area (Å²) in [5, 5.41) is 20.4. The summed E-state index contributed by atoms with van der Waals surface area (Å²) < 4.78 is 0. The Labute approximate surface area is 206 Å². The molecule has 3 aromatic rings. The standard InChI is InChI=1S/C24H23N2O2.Pt.W/c1-15-9-11-19(23(27)13-15)17(3)25-21-7-5-6-8-22(21)26-18(4)20-12-10-16(2)14-24(20)28;;/h5,7-14,27-28H,1-4H3;;/q-1;;. The van der Waals surface area contributed by atoms with E-state index in [1.54, 1.807) is 24.3 Å². The molecule has 0 saturated heterocycles. The fraction of sp³-hybridized carbons (Fsp3) is 0.167. The first-order valence-electron chi connectivity index (χ1n) is 9.06. The van der Waals surface area contributed by atoms with Crippen molar-refractivity contribution >= 4 is 22.8 Å². The van der Waals surface area contributed by atoms with Crippen LogP contribution in [-0.2, 0) is 42.1 Å². The summed E-state index contributed by atoms with van der Waals surface area (Å²) in [6.07, 6.45) is 0. The van der Waals surface area contributed by atoms with E-state index in [9.17, 15) is 10.2 Å². The third kappa shape index (κ3) is 6.24. The van der Waals surface area contributed by atoms with E-state index in [-0.39, 0.29) is 53.6 Å². The van der Waals surface area contributed by atoms with E-state index in [4.69, 9.17) is 0 Å². The van der Waals surface area contributed by atoms with Crippen molar-refractivity contribution in [2.24, 2.45) is 9.98 Å². The molecular formula is C24H23N2O2PtW-. The number of phenols is 2.